The van der Waals surface area contributed by atoms with Crippen LogP contribution in [0.25, 0.3) is 0 Å². The summed E-state index contributed by atoms with van der Waals surface area (Å²) in [4.78, 5) is 24.9. The third-order valence-corrected chi connectivity index (χ3v) is 4.52. The van der Waals surface area contributed by atoms with Gasteiger partial charge in [-0.15, -0.1) is 31.5 Å². The lowest BCUT2D eigenvalue weighted by atomic mass is 10.3. The molecule has 1 rings (SSSR count). The van der Waals surface area contributed by atoms with E-state index in [0.717, 1.165) is 0 Å². The van der Waals surface area contributed by atoms with Crippen molar-refractivity contribution in [3.05, 3.63) is 0 Å². The lowest BCUT2D eigenvalue weighted by Crippen LogP contribution is -2.40. The SMILES string of the molecule is CCOC(C)N1C(=O)CC(SB(P)I)C1=O. The first-order valence-corrected chi connectivity index (χ1v) is 7.85. The standard InChI is InChI=1S/C8H14BINO3PS/c1-3-14-5(2)11-7(12)4-6(8(11)13)16-9(10)15/h5-6H,3-4,15H2,1-2H3. The van der Waals surface area contributed by atoms with E-state index >= 15 is 0 Å². The summed E-state index contributed by atoms with van der Waals surface area (Å²) in [5.41, 5.74) is 0. The van der Waals surface area contributed by atoms with Crippen LogP contribution in [0.15, 0.2) is 0 Å². The molecule has 0 saturated carbocycles. The second-order valence-electron chi connectivity index (χ2n) is 3.34. The number of ether oxygens (including phenoxy) is 1. The first-order valence-electron chi connectivity index (χ1n) is 5.00. The minimum atomic E-state index is -0.451. The number of rotatable bonds is 5. The molecule has 0 N–H and O–H groups in total. The lowest BCUT2D eigenvalue weighted by molar-refractivity contribution is -0.151. The average Bonchev–Trinajstić information content (AvgIpc) is 2.41. The van der Waals surface area contributed by atoms with E-state index in [2.05, 4.69) is 31.5 Å². The molecule has 1 fully saturated rings. The van der Waals surface area contributed by atoms with Gasteiger partial charge < -0.3 is 4.74 Å². The van der Waals surface area contributed by atoms with Gasteiger partial charge in [-0.25, -0.2) is 0 Å². The van der Waals surface area contributed by atoms with E-state index in [-0.39, 0.29) is 27.1 Å². The highest BCUT2D eigenvalue weighted by Crippen LogP contribution is 2.32. The maximum Gasteiger partial charge on any atom is 0.303 e. The summed E-state index contributed by atoms with van der Waals surface area (Å²) in [5, 5.41) is -0.255. The Morgan fingerprint density at radius 1 is 1.75 bits per heavy atom. The maximum absolute atomic E-state index is 12.0. The number of hydrogen-bond donors (Lipinski definition) is 0. The molecule has 0 aliphatic carbocycles. The summed E-state index contributed by atoms with van der Waals surface area (Å²) < 4.78 is 5.53. The predicted molar refractivity (Wildman–Crippen MR) is 78.4 cm³/mol. The molecule has 4 nitrogen and oxygen atoms in total. The van der Waals surface area contributed by atoms with E-state index in [9.17, 15) is 9.59 Å². The second kappa shape index (κ2) is 6.57. The van der Waals surface area contributed by atoms with Crippen molar-refractivity contribution in [2.24, 2.45) is 0 Å². The van der Waals surface area contributed by atoms with Crippen LogP contribution in [-0.2, 0) is 14.3 Å². The Morgan fingerprint density at radius 3 is 2.88 bits per heavy atom. The Kier molecular flexibility index (Phi) is 6.05. The van der Waals surface area contributed by atoms with Gasteiger partial charge in [0.15, 0.2) is 0 Å². The predicted octanol–water partition coefficient (Wildman–Crippen LogP) is 1.52. The Bertz CT molecular complexity index is 294. The molecule has 0 bridgehead atoms. The Hall–Kier alpha value is 0.675. The molecule has 0 aromatic carbocycles. The van der Waals surface area contributed by atoms with Gasteiger partial charge in [0.25, 0.3) is 0 Å². The van der Waals surface area contributed by atoms with Crippen molar-refractivity contribution < 1.29 is 14.3 Å². The Labute approximate surface area is 116 Å². The minimum absolute atomic E-state index is 0.125. The van der Waals surface area contributed by atoms with Crippen LogP contribution in [-0.4, -0.2) is 38.4 Å². The third-order valence-electron chi connectivity index (χ3n) is 2.21. The largest absolute Gasteiger partial charge is 0.358 e. The van der Waals surface area contributed by atoms with E-state index in [1.165, 1.54) is 16.5 Å². The fourth-order valence-corrected chi connectivity index (χ4v) is 4.00. The molecule has 1 aliphatic heterocycles. The summed E-state index contributed by atoms with van der Waals surface area (Å²) >= 11 is 3.70. The highest BCUT2D eigenvalue weighted by Gasteiger charge is 2.42. The van der Waals surface area contributed by atoms with E-state index in [1.807, 2.05) is 6.92 Å². The van der Waals surface area contributed by atoms with Crippen LogP contribution in [0.2, 0.25) is 0 Å². The van der Waals surface area contributed by atoms with Crippen LogP contribution in [0.1, 0.15) is 20.3 Å². The van der Waals surface area contributed by atoms with Crippen molar-refractivity contribution in [2.45, 2.75) is 31.7 Å². The smallest absolute Gasteiger partial charge is 0.303 e. The average molecular weight is 373 g/mol. The van der Waals surface area contributed by atoms with Crippen molar-refractivity contribution in [3.8, 4) is 0 Å². The zero-order chi connectivity index (χ0) is 12.3. The first-order chi connectivity index (χ1) is 7.47. The topological polar surface area (TPSA) is 46.6 Å². The monoisotopic (exact) mass is 373 g/mol. The van der Waals surface area contributed by atoms with Gasteiger partial charge >= 0.3 is 3.57 Å². The van der Waals surface area contributed by atoms with Crippen molar-refractivity contribution in [1.29, 1.82) is 0 Å². The molecule has 0 aromatic rings. The number of carbonyl (C=O) groups is 2. The number of imide groups is 1. The van der Waals surface area contributed by atoms with Crippen LogP contribution in [0.4, 0.5) is 0 Å². The fourth-order valence-electron chi connectivity index (χ4n) is 1.58. The van der Waals surface area contributed by atoms with Crippen molar-refractivity contribution in [1.82, 2.24) is 4.90 Å². The Morgan fingerprint density at radius 2 is 2.38 bits per heavy atom. The van der Waals surface area contributed by atoms with Crippen LogP contribution in [0.3, 0.4) is 0 Å². The minimum Gasteiger partial charge on any atom is -0.358 e. The van der Waals surface area contributed by atoms with Gasteiger partial charge in [0.1, 0.15) is 6.23 Å². The highest BCUT2D eigenvalue weighted by molar-refractivity contribution is 14.1. The third kappa shape index (κ3) is 3.58. The van der Waals surface area contributed by atoms with Gasteiger partial charge in [-0.05, 0) is 13.8 Å². The van der Waals surface area contributed by atoms with Gasteiger partial charge in [0.2, 0.25) is 11.8 Å². The van der Waals surface area contributed by atoms with Crippen LogP contribution >= 0.6 is 43.1 Å². The zero-order valence-corrected chi connectivity index (χ0v) is 13.3. The van der Waals surface area contributed by atoms with Gasteiger partial charge in [-0.3, -0.25) is 14.5 Å². The molecule has 8 heteroatoms. The number of carbonyl (C=O) groups excluding carboxylic acids is 2. The molecule has 90 valence electrons. The molecule has 0 spiro atoms. The maximum atomic E-state index is 12.0. The zero-order valence-electron chi connectivity index (χ0n) is 9.18. The van der Waals surface area contributed by atoms with Gasteiger partial charge in [0, 0.05) is 13.0 Å². The number of likely N-dealkylation sites (tertiary alicyclic amines) is 1. The molecule has 1 aliphatic rings. The summed E-state index contributed by atoms with van der Waals surface area (Å²) in [5.74, 6) is -0.259. The summed E-state index contributed by atoms with van der Waals surface area (Å²) in [6.45, 7) is 4.07. The number of amides is 2. The quantitative estimate of drug-likeness (QED) is 0.318. The summed E-state index contributed by atoms with van der Waals surface area (Å²) in [6, 6.07) is 0. The lowest BCUT2D eigenvalue weighted by Gasteiger charge is -2.22. The molecule has 3 unspecified atom stereocenters. The molecule has 1 saturated heterocycles. The molecular formula is C8H14BINO3PS. The number of nitrogens with zero attached hydrogens (tertiary/aromatic N) is 1. The molecule has 0 aromatic heterocycles. The normalized spacial score (nSPS) is 22.8. The molecule has 2 amide bonds. The molecular weight excluding hydrogens is 359 g/mol. The molecule has 0 radical (unpaired) electrons. The summed E-state index contributed by atoms with van der Waals surface area (Å²) in [7, 11) is 2.61. The van der Waals surface area contributed by atoms with Gasteiger partial charge in [-0.1, -0.05) is 0 Å². The van der Waals surface area contributed by atoms with Crippen LogP contribution < -0.4 is 0 Å². The van der Waals surface area contributed by atoms with Gasteiger partial charge in [-0.2, -0.15) is 11.6 Å². The Balaban J connectivity index is 2.67. The highest BCUT2D eigenvalue weighted by atomic mass is 127. The van der Waals surface area contributed by atoms with E-state index in [0.29, 0.717) is 6.61 Å². The van der Waals surface area contributed by atoms with Crippen molar-refractivity contribution >= 4 is 58.5 Å². The van der Waals surface area contributed by atoms with E-state index < -0.39 is 6.23 Å². The molecule has 1 heterocycles. The molecule has 16 heavy (non-hydrogen) atoms. The van der Waals surface area contributed by atoms with Crippen LogP contribution in [0, 0.1) is 0 Å². The van der Waals surface area contributed by atoms with E-state index in [4.69, 9.17) is 4.74 Å². The van der Waals surface area contributed by atoms with Crippen molar-refractivity contribution in [2.75, 3.05) is 6.61 Å². The van der Waals surface area contributed by atoms with Gasteiger partial charge in [0.05, 0.1) is 5.25 Å². The number of hydrogen-bond acceptors (Lipinski definition) is 4. The van der Waals surface area contributed by atoms with Crippen molar-refractivity contribution in [3.63, 3.8) is 0 Å². The van der Waals surface area contributed by atoms with Crippen LogP contribution in [0.5, 0.6) is 0 Å². The molecule has 3 atom stereocenters. The fraction of sp³-hybridized carbons (Fsp3) is 0.750. The summed E-state index contributed by atoms with van der Waals surface area (Å²) in [6.07, 6.45) is -0.165. The first kappa shape index (κ1) is 14.7. The second-order valence-corrected chi connectivity index (χ2v) is 9.38. The number of halogens is 1. The van der Waals surface area contributed by atoms with E-state index in [1.54, 1.807) is 6.92 Å².